The Balaban J connectivity index is 1.58. The number of carbonyl (C=O) groups excluding carboxylic acids is 2. The fourth-order valence-corrected chi connectivity index (χ4v) is 2.54. The van der Waals surface area contributed by atoms with E-state index in [1.165, 1.54) is 12.1 Å². The first-order valence-electron chi connectivity index (χ1n) is 7.97. The van der Waals surface area contributed by atoms with Gasteiger partial charge < -0.3 is 10.1 Å². The van der Waals surface area contributed by atoms with Crippen LogP contribution in [0.5, 0.6) is 0 Å². The number of aryl methyl sites for hydroxylation is 1. The summed E-state index contributed by atoms with van der Waals surface area (Å²) < 4.78 is 20.3. The van der Waals surface area contributed by atoms with Crippen molar-refractivity contribution in [3.8, 4) is 5.69 Å². The third kappa shape index (κ3) is 4.51. The maximum atomic E-state index is 13.6. The van der Waals surface area contributed by atoms with E-state index in [1.807, 2.05) is 13.0 Å². The lowest BCUT2D eigenvalue weighted by molar-refractivity contribution is -0.119. The Hall–Kier alpha value is -3.19. The SMILES string of the molecule is Cc1ccnn1-c1ccc(C(=O)OCC(=O)Nc2cc(Cl)ccc2F)cc1. The zero-order valence-electron chi connectivity index (χ0n) is 14.3. The average molecular weight is 388 g/mol. The second-order valence-electron chi connectivity index (χ2n) is 5.68. The summed E-state index contributed by atoms with van der Waals surface area (Å²) >= 11 is 5.76. The number of hydrogen-bond acceptors (Lipinski definition) is 4. The molecule has 0 saturated carbocycles. The van der Waals surface area contributed by atoms with Crippen molar-refractivity contribution in [1.82, 2.24) is 9.78 Å². The number of halogens is 2. The smallest absolute Gasteiger partial charge is 0.338 e. The number of aromatic nitrogens is 2. The van der Waals surface area contributed by atoms with E-state index < -0.39 is 24.3 Å². The predicted octanol–water partition coefficient (Wildman–Crippen LogP) is 3.77. The average Bonchev–Trinajstić information content (AvgIpc) is 3.09. The highest BCUT2D eigenvalue weighted by atomic mass is 35.5. The monoisotopic (exact) mass is 387 g/mol. The van der Waals surface area contributed by atoms with Crippen LogP contribution < -0.4 is 5.32 Å². The van der Waals surface area contributed by atoms with Gasteiger partial charge in [0, 0.05) is 16.9 Å². The lowest BCUT2D eigenvalue weighted by atomic mass is 10.2. The van der Waals surface area contributed by atoms with Crippen molar-refractivity contribution in [1.29, 1.82) is 0 Å². The molecular formula is C19H15ClFN3O3. The van der Waals surface area contributed by atoms with E-state index in [0.29, 0.717) is 0 Å². The quantitative estimate of drug-likeness (QED) is 0.676. The lowest BCUT2D eigenvalue weighted by Gasteiger charge is -2.09. The number of ether oxygens (including phenoxy) is 1. The van der Waals surface area contributed by atoms with Crippen molar-refractivity contribution in [3.63, 3.8) is 0 Å². The van der Waals surface area contributed by atoms with Gasteiger partial charge in [-0.25, -0.2) is 13.9 Å². The number of nitrogens with zero attached hydrogens (tertiary/aromatic N) is 2. The highest BCUT2D eigenvalue weighted by molar-refractivity contribution is 6.30. The molecule has 8 heteroatoms. The summed E-state index contributed by atoms with van der Waals surface area (Å²) in [5.41, 5.74) is 1.95. The molecular weight excluding hydrogens is 373 g/mol. The molecule has 0 spiro atoms. The van der Waals surface area contributed by atoms with Crippen LogP contribution >= 0.6 is 11.6 Å². The minimum atomic E-state index is -0.673. The van der Waals surface area contributed by atoms with Crippen LogP contribution in [0.4, 0.5) is 10.1 Å². The Morgan fingerprint density at radius 2 is 1.93 bits per heavy atom. The summed E-state index contributed by atoms with van der Waals surface area (Å²) in [6.45, 7) is 1.36. The normalized spacial score (nSPS) is 10.5. The van der Waals surface area contributed by atoms with Crippen molar-refractivity contribution in [2.45, 2.75) is 6.92 Å². The molecule has 2 aromatic carbocycles. The highest BCUT2D eigenvalue weighted by Crippen LogP contribution is 2.19. The molecule has 0 radical (unpaired) electrons. The largest absolute Gasteiger partial charge is 0.452 e. The van der Waals surface area contributed by atoms with Crippen LogP contribution in [0.1, 0.15) is 16.1 Å². The first-order chi connectivity index (χ1) is 12.9. The highest BCUT2D eigenvalue weighted by Gasteiger charge is 2.13. The van der Waals surface area contributed by atoms with E-state index in [9.17, 15) is 14.0 Å². The third-order valence-electron chi connectivity index (χ3n) is 3.72. The van der Waals surface area contributed by atoms with Gasteiger partial charge in [0.05, 0.1) is 16.9 Å². The molecule has 6 nitrogen and oxygen atoms in total. The summed E-state index contributed by atoms with van der Waals surface area (Å²) in [6, 6.07) is 12.2. The fraction of sp³-hybridized carbons (Fsp3) is 0.105. The molecule has 0 atom stereocenters. The summed E-state index contributed by atoms with van der Waals surface area (Å²) in [6.07, 6.45) is 1.68. The van der Waals surface area contributed by atoms with Crippen LogP contribution in [0.2, 0.25) is 5.02 Å². The van der Waals surface area contributed by atoms with Crippen molar-refractivity contribution in [3.05, 3.63) is 76.8 Å². The first kappa shape index (κ1) is 18.6. The van der Waals surface area contributed by atoms with Gasteiger partial charge in [0.25, 0.3) is 5.91 Å². The van der Waals surface area contributed by atoms with Crippen molar-refractivity contribution in [2.75, 3.05) is 11.9 Å². The van der Waals surface area contributed by atoms with Crippen LogP contribution in [-0.4, -0.2) is 28.3 Å². The van der Waals surface area contributed by atoms with Gasteiger partial charge in [-0.3, -0.25) is 4.79 Å². The molecule has 0 unspecified atom stereocenters. The summed E-state index contributed by atoms with van der Waals surface area (Å²) in [4.78, 5) is 23.9. The molecule has 3 rings (SSSR count). The maximum absolute atomic E-state index is 13.6. The fourth-order valence-electron chi connectivity index (χ4n) is 2.37. The first-order valence-corrected chi connectivity index (χ1v) is 8.35. The number of amides is 1. The molecule has 0 bridgehead atoms. The molecule has 0 aliphatic heterocycles. The Labute approximate surface area is 159 Å². The number of rotatable bonds is 5. The van der Waals surface area contributed by atoms with E-state index in [0.717, 1.165) is 17.4 Å². The van der Waals surface area contributed by atoms with E-state index in [-0.39, 0.29) is 16.3 Å². The third-order valence-corrected chi connectivity index (χ3v) is 3.95. The van der Waals surface area contributed by atoms with E-state index in [1.54, 1.807) is 35.1 Å². The van der Waals surface area contributed by atoms with E-state index >= 15 is 0 Å². The van der Waals surface area contributed by atoms with Gasteiger partial charge in [-0.2, -0.15) is 5.10 Å². The van der Waals surface area contributed by atoms with Crippen molar-refractivity contribution < 1.29 is 18.7 Å². The molecule has 1 aromatic heterocycles. The molecule has 1 heterocycles. The van der Waals surface area contributed by atoms with Gasteiger partial charge in [0.1, 0.15) is 5.82 Å². The van der Waals surface area contributed by atoms with Gasteiger partial charge >= 0.3 is 5.97 Å². The molecule has 3 aromatic rings. The molecule has 0 saturated heterocycles. The Morgan fingerprint density at radius 1 is 1.19 bits per heavy atom. The van der Waals surface area contributed by atoms with Gasteiger partial charge in [0.2, 0.25) is 0 Å². The molecule has 27 heavy (non-hydrogen) atoms. The van der Waals surface area contributed by atoms with E-state index in [2.05, 4.69) is 10.4 Å². The van der Waals surface area contributed by atoms with Crippen molar-refractivity contribution in [2.24, 2.45) is 0 Å². The molecule has 0 aliphatic carbocycles. The number of esters is 1. The number of carbonyl (C=O) groups is 2. The summed E-state index contributed by atoms with van der Waals surface area (Å²) in [5.74, 6) is -1.97. The van der Waals surface area contributed by atoms with Crippen LogP contribution in [0.25, 0.3) is 5.69 Å². The Kier molecular flexibility index (Phi) is 5.52. The molecule has 1 amide bonds. The van der Waals surface area contributed by atoms with E-state index in [4.69, 9.17) is 16.3 Å². The number of anilines is 1. The number of nitrogens with one attached hydrogen (secondary N) is 1. The van der Waals surface area contributed by atoms with Crippen LogP contribution in [0.15, 0.2) is 54.7 Å². The van der Waals surface area contributed by atoms with Crippen LogP contribution in [0, 0.1) is 12.7 Å². The van der Waals surface area contributed by atoms with Crippen molar-refractivity contribution >= 4 is 29.2 Å². The van der Waals surface area contributed by atoms with Gasteiger partial charge in [0.15, 0.2) is 6.61 Å². The topological polar surface area (TPSA) is 73.2 Å². The zero-order valence-corrected chi connectivity index (χ0v) is 15.0. The minimum Gasteiger partial charge on any atom is -0.452 e. The summed E-state index contributed by atoms with van der Waals surface area (Å²) in [5, 5.41) is 6.76. The molecule has 1 N–H and O–H groups in total. The van der Waals surface area contributed by atoms with Crippen LogP contribution in [0.3, 0.4) is 0 Å². The Bertz CT molecular complexity index is 986. The van der Waals surface area contributed by atoms with Crippen LogP contribution in [-0.2, 0) is 9.53 Å². The molecule has 138 valence electrons. The Morgan fingerprint density at radius 3 is 2.59 bits per heavy atom. The van der Waals surface area contributed by atoms with Gasteiger partial charge in [-0.1, -0.05) is 11.6 Å². The lowest BCUT2D eigenvalue weighted by Crippen LogP contribution is -2.21. The molecule has 0 aliphatic rings. The van der Waals surface area contributed by atoms with Gasteiger partial charge in [-0.15, -0.1) is 0 Å². The second kappa shape index (κ2) is 8.01. The van der Waals surface area contributed by atoms with Gasteiger partial charge in [-0.05, 0) is 55.5 Å². The standard InChI is InChI=1S/C19H15ClFN3O3/c1-12-8-9-22-24(12)15-5-2-13(3-6-15)19(26)27-11-18(25)23-17-10-14(20)4-7-16(17)21/h2-10H,11H2,1H3,(H,23,25). The summed E-state index contributed by atoms with van der Waals surface area (Å²) in [7, 11) is 0. The number of hydrogen-bond donors (Lipinski definition) is 1. The maximum Gasteiger partial charge on any atom is 0.338 e. The predicted molar refractivity (Wildman–Crippen MR) is 98.6 cm³/mol. The minimum absolute atomic E-state index is 0.0810. The number of benzene rings is 2. The second-order valence-corrected chi connectivity index (χ2v) is 6.12. The molecule has 0 fully saturated rings. The zero-order chi connectivity index (χ0) is 19.4.